The average Bonchev–Trinajstić information content (AvgIpc) is 1.69. The van der Waals surface area contributed by atoms with Crippen LogP contribution in [-0.4, -0.2) is 25.0 Å². The highest BCUT2D eigenvalue weighted by Crippen LogP contribution is 2.00. The monoisotopic (exact) mass is 113 g/mol. The second-order valence-electron chi connectivity index (χ2n) is 2.19. The van der Waals surface area contributed by atoms with Gasteiger partial charge in [-0.05, 0) is 26.9 Å². The first-order valence-electron chi connectivity index (χ1n) is 2.97. The zero-order valence-electron chi connectivity index (χ0n) is 5.85. The smallest absolute Gasteiger partial charge is 0.00891 e. The molecule has 0 saturated carbocycles. The van der Waals surface area contributed by atoms with Crippen LogP contribution in [0.15, 0.2) is 0 Å². The van der Waals surface area contributed by atoms with Crippen molar-refractivity contribution in [2.75, 3.05) is 14.1 Å². The van der Waals surface area contributed by atoms with Gasteiger partial charge in [0.2, 0.25) is 0 Å². The summed E-state index contributed by atoms with van der Waals surface area (Å²) in [7, 11) is 4.11. The molecule has 0 saturated heterocycles. The lowest BCUT2D eigenvalue weighted by atomic mass is 10.1. The quantitative estimate of drug-likeness (QED) is 0.534. The molecule has 0 aromatic heterocycles. The Bertz CT molecular complexity index is 46.3. The van der Waals surface area contributed by atoms with E-state index in [0.29, 0.717) is 6.04 Å². The second-order valence-corrected chi connectivity index (χ2v) is 2.19. The molecule has 0 unspecified atom stereocenters. The molecule has 0 bridgehead atoms. The van der Waals surface area contributed by atoms with Gasteiger partial charge in [0.1, 0.15) is 0 Å². The molecule has 0 fully saturated rings. The minimum absolute atomic E-state index is 0.565. The third-order valence-electron chi connectivity index (χ3n) is 1.40. The van der Waals surface area contributed by atoms with Crippen LogP contribution in [0.5, 0.6) is 0 Å². The third kappa shape index (κ3) is 2.31. The molecule has 0 aromatic carbocycles. The van der Waals surface area contributed by atoms with E-state index in [1.807, 2.05) is 0 Å². The predicted octanol–water partition coefficient (Wildman–Crippen LogP) is 1.36. The lowest BCUT2D eigenvalue weighted by molar-refractivity contribution is 0.295. The summed E-state index contributed by atoms with van der Waals surface area (Å²) in [6, 6.07) is 0.565. The van der Waals surface area contributed by atoms with Gasteiger partial charge in [0, 0.05) is 6.04 Å². The van der Waals surface area contributed by atoms with Crippen LogP contribution in [-0.2, 0) is 0 Å². The van der Waals surface area contributed by atoms with Crippen LogP contribution < -0.4 is 0 Å². The molecule has 0 amide bonds. The van der Waals surface area contributed by atoms with E-state index in [1.165, 1.54) is 0 Å². The molecular formula is C7H15N. The summed E-state index contributed by atoms with van der Waals surface area (Å²) in [6.07, 6.45) is 1.91. The highest BCUT2D eigenvalue weighted by molar-refractivity contribution is 4.67. The summed E-state index contributed by atoms with van der Waals surface area (Å²) in [5.74, 6) is 0. The van der Waals surface area contributed by atoms with Crippen LogP contribution in [0.1, 0.15) is 12.8 Å². The van der Waals surface area contributed by atoms with Crippen molar-refractivity contribution in [3.05, 3.63) is 13.8 Å². The maximum atomic E-state index is 3.80. The number of hydrogen-bond donors (Lipinski definition) is 0. The van der Waals surface area contributed by atoms with Crippen LogP contribution in [0.2, 0.25) is 0 Å². The summed E-state index contributed by atoms with van der Waals surface area (Å²) in [5, 5.41) is 0. The Balaban J connectivity index is 3.35. The fourth-order valence-corrected chi connectivity index (χ4v) is 0.661. The SMILES string of the molecule is [CH2]CC(C[CH2])N(C)C. The van der Waals surface area contributed by atoms with Gasteiger partial charge in [0.15, 0.2) is 0 Å². The minimum Gasteiger partial charge on any atom is -0.306 e. The second kappa shape index (κ2) is 3.90. The molecule has 2 radical (unpaired) electrons. The maximum Gasteiger partial charge on any atom is 0.00891 e. The number of hydrogen-bond acceptors (Lipinski definition) is 1. The zero-order valence-corrected chi connectivity index (χ0v) is 5.85. The molecule has 0 atom stereocenters. The first kappa shape index (κ1) is 7.96. The lowest BCUT2D eigenvalue weighted by Gasteiger charge is -2.20. The van der Waals surface area contributed by atoms with E-state index >= 15 is 0 Å². The van der Waals surface area contributed by atoms with Crippen molar-refractivity contribution in [3.63, 3.8) is 0 Å². The topological polar surface area (TPSA) is 3.24 Å². The number of rotatable bonds is 3. The molecule has 0 aliphatic heterocycles. The van der Waals surface area contributed by atoms with E-state index in [4.69, 9.17) is 0 Å². The molecule has 1 nitrogen and oxygen atoms in total. The standard InChI is InChI=1S/C7H15N/c1-5-7(6-2)8(3)4/h7H,1-2,5-6H2,3-4H3. The Kier molecular flexibility index (Phi) is 3.88. The van der Waals surface area contributed by atoms with Gasteiger partial charge < -0.3 is 4.90 Å². The van der Waals surface area contributed by atoms with Crippen molar-refractivity contribution >= 4 is 0 Å². The molecule has 0 aliphatic rings. The molecule has 0 aromatic rings. The van der Waals surface area contributed by atoms with Crippen LogP contribution in [0.25, 0.3) is 0 Å². The van der Waals surface area contributed by atoms with E-state index in [0.717, 1.165) is 12.8 Å². The molecule has 1 heteroatoms. The van der Waals surface area contributed by atoms with Crippen LogP contribution >= 0.6 is 0 Å². The molecular weight excluding hydrogens is 98.1 g/mol. The van der Waals surface area contributed by atoms with Gasteiger partial charge in [0.05, 0.1) is 0 Å². The summed E-state index contributed by atoms with van der Waals surface area (Å²) >= 11 is 0. The summed E-state index contributed by atoms with van der Waals surface area (Å²) in [5.41, 5.74) is 0. The Morgan fingerprint density at radius 1 is 1.25 bits per heavy atom. The van der Waals surface area contributed by atoms with E-state index in [-0.39, 0.29) is 0 Å². The van der Waals surface area contributed by atoms with Gasteiger partial charge in [-0.2, -0.15) is 0 Å². The molecule has 0 N–H and O–H groups in total. The highest BCUT2D eigenvalue weighted by Gasteiger charge is 2.02. The van der Waals surface area contributed by atoms with Gasteiger partial charge >= 0.3 is 0 Å². The van der Waals surface area contributed by atoms with Gasteiger partial charge in [-0.15, -0.1) is 0 Å². The minimum atomic E-state index is 0.565. The van der Waals surface area contributed by atoms with E-state index < -0.39 is 0 Å². The average molecular weight is 113 g/mol. The van der Waals surface area contributed by atoms with Crippen LogP contribution in [0.3, 0.4) is 0 Å². The Morgan fingerprint density at radius 3 is 1.62 bits per heavy atom. The predicted molar refractivity (Wildman–Crippen MR) is 37.4 cm³/mol. The fraction of sp³-hybridized carbons (Fsp3) is 0.714. The number of nitrogens with zero attached hydrogens (tertiary/aromatic N) is 1. The van der Waals surface area contributed by atoms with Crippen molar-refractivity contribution < 1.29 is 0 Å². The normalized spacial score (nSPS) is 11.2. The third-order valence-corrected chi connectivity index (χ3v) is 1.40. The summed E-state index contributed by atoms with van der Waals surface area (Å²) in [6.45, 7) is 7.59. The van der Waals surface area contributed by atoms with Crippen molar-refractivity contribution in [1.29, 1.82) is 0 Å². The summed E-state index contributed by atoms with van der Waals surface area (Å²) in [4.78, 5) is 2.15. The molecule has 0 rings (SSSR count). The largest absolute Gasteiger partial charge is 0.306 e. The zero-order chi connectivity index (χ0) is 6.57. The van der Waals surface area contributed by atoms with Gasteiger partial charge in [0.25, 0.3) is 0 Å². The van der Waals surface area contributed by atoms with Crippen molar-refractivity contribution in [2.24, 2.45) is 0 Å². The molecule has 0 spiro atoms. The Labute approximate surface area is 52.7 Å². The van der Waals surface area contributed by atoms with E-state index in [9.17, 15) is 0 Å². The van der Waals surface area contributed by atoms with Crippen molar-refractivity contribution in [2.45, 2.75) is 18.9 Å². The Morgan fingerprint density at radius 2 is 1.62 bits per heavy atom. The van der Waals surface area contributed by atoms with Crippen LogP contribution in [0, 0.1) is 13.8 Å². The fourth-order valence-electron chi connectivity index (χ4n) is 0.661. The molecule has 0 heterocycles. The van der Waals surface area contributed by atoms with E-state index in [2.05, 4.69) is 32.8 Å². The van der Waals surface area contributed by atoms with Gasteiger partial charge in [-0.25, -0.2) is 0 Å². The summed E-state index contributed by atoms with van der Waals surface area (Å²) < 4.78 is 0. The first-order chi connectivity index (χ1) is 3.72. The highest BCUT2D eigenvalue weighted by atomic mass is 15.1. The van der Waals surface area contributed by atoms with Gasteiger partial charge in [-0.1, -0.05) is 13.8 Å². The van der Waals surface area contributed by atoms with Gasteiger partial charge in [-0.3, -0.25) is 0 Å². The maximum absolute atomic E-state index is 3.80. The van der Waals surface area contributed by atoms with Crippen molar-refractivity contribution in [1.82, 2.24) is 4.90 Å². The van der Waals surface area contributed by atoms with E-state index in [1.54, 1.807) is 0 Å². The first-order valence-corrected chi connectivity index (χ1v) is 2.97. The lowest BCUT2D eigenvalue weighted by Crippen LogP contribution is -2.26. The molecule has 8 heavy (non-hydrogen) atoms. The van der Waals surface area contributed by atoms with Crippen molar-refractivity contribution in [3.8, 4) is 0 Å². The van der Waals surface area contributed by atoms with Crippen LogP contribution in [0.4, 0.5) is 0 Å². The molecule has 48 valence electrons. The molecule has 0 aliphatic carbocycles. The Hall–Kier alpha value is -0.0400.